The van der Waals surface area contributed by atoms with Crippen molar-refractivity contribution >= 4 is 17.8 Å². The highest BCUT2D eigenvalue weighted by Crippen LogP contribution is 2.10. The Bertz CT molecular complexity index is 218. The van der Waals surface area contributed by atoms with E-state index >= 15 is 0 Å². The Morgan fingerprint density at radius 1 is 1.78 bits per heavy atom. The van der Waals surface area contributed by atoms with E-state index < -0.39 is 0 Å². The second kappa shape index (κ2) is 2.55. The Balaban J connectivity index is 2.85. The third-order valence-electron chi connectivity index (χ3n) is 0.773. The van der Waals surface area contributed by atoms with Crippen LogP contribution in [0, 0.1) is 0 Å². The molecular formula is C5H4ClNO2. The zero-order chi connectivity index (χ0) is 6.69. The molecule has 0 aromatic carbocycles. The molecule has 0 saturated carbocycles. The van der Waals surface area contributed by atoms with Crippen molar-refractivity contribution in [3.8, 4) is 0 Å². The van der Waals surface area contributed by atoms with Gasteiger partial charge in [0.15, 0.2) is 0 Å². The molecule has 0 radical (unpaired) electrons. The van der Waals surface area contributed by atoms with Crippen molar-refractivity contribution in [2.24, 2.45) is 5.16 Å². The van der Waals surface area contributed by atoms with E-state index in [1.165, 1.54) is 6.26 Å². The van der Waals surface area contributed by atoms with Crippen LogP contribution in [0.3, 0.4) is 0 Å². The second-order valence-electron chi connectivity index (χ2n) is 1.41. The first-order chi connectivity index (χ1) is 4.33. The monoisotopic (exact) mass is 145 g/mol. The molecule has 0 aliphatic rings. The Labute approximate surface area is 56.5 Å². The van der Waals surface area contributed by atoms with Crippen LogP contribution in [0.25, 0.3) is 0 Å². The first-order valence-electron chi connectivity index (χ1n) is 2.24. The molecule has 0 spiro atoms. The molecule has 0 fully saturated rings. The van der Waals surface area contributed by atoms with Gasteiger partial charge in [-0.15, -0.1) is 0 Å². The molecule has 0 atom stereocenters. The van der Waals surface area contributed by atoms with Gasteiger partial charge in [-0.1, -0.05) is 16.8 Å². The van der Waals surface area contributed by atoms with Gasteiger partial charge >= 0.3 is 0 Å². The van der Waals surface area contributed by atoms with E-state index in [9.17, 15) is 0 Å². The molecule has 4 heteroatoms. The highest BCUT2D eigenvalue weighted by Gasteiger charge is 1.93. The maximum Gasteiger partial charge on any atom is 0.149 e. The molecule has 1 aromatic rings. The zero-order valence-corrected chi connectivity index (χ0v) is 5.17. The summed E-state index contributed by atoms with van der Waals surface area (Å²) in [6.07, 6.45) is 2.52. The van der Waals surface area contributed by atoms with Gasteiger partial charge < -0.3 is 9.62 Å². The molecule has 1 rings (SSSR count). The number of hydrogen-bond donors (Lipinski definition) is 1. The standard InChI is InChI=1S/C5H4ClNO2/c6-4-1-5(2-7-8)9-3-4/h1-3,8H. The van der Waals surface area contributed by atoms with Gasteiger partial charge in [0.2, 0.25) is 0 Å². The van der Waals surface area contributed by atoms with Gasteiger partial charge in [0, 0.05) is 6.07 Å². The minimum Gasteiger partial charge on any atom is -0.462 e. The Hall–Kier alpha value is -0.960. The van der Waals surface area contributed by atoms with Crippen molar-refractivity contribution < 1.29 is 9.62 Å². The average Bonchev–Trinajstić information content (AvgIpc) is 2.17. The topological polar surface area (TPSA) is 45.7 Å². The molecule has 0 aliphatic carbocycles. The van der Waals surface area contributed by atoms with Gasteiger partial charge in [0.05, 0.1) is 5.02 Å². The van der Waals surface area contributed by atoms with Crippen LogP contribution in [0.1, 0.15) is 5.76 Å². The predicted octanol–water partition coefficient (Wildman–Crippen LogP) is 1.74. The molecule has 0 unspecified atom stereocenters. The minimum atomic E-state index is 0.433. The number of rotatable bonds is 1. The van der Waals surface area contributed by atoms with Crippen molar-refractivity contribution in [3.05, 3.63) is 23.1 Å². The van der Waals surface area contributed by atoms with Crippen LogP contribution >= 0.6 is 11.6 Å². The lowest BCUT2D eigenvalue weighted by atomic mass is 10.5. The molecule has 1 aromatic heterocycles. The lowest BCUT2D eigenvalue weighted by molar-refractivity contribution is 0.320. The fraction of sp³-hybridized carbons (Fsp3) is 0. The highest BCUT2D eigenvalue weighted by atomic mass is 35.5. The van der Waals surface area contributed by atoms with E-state index in [0.717, 1.165) is 6.21 Å². The molecule has 0 aliphatic heterocycles. The number of oxime groups is 1. The number of furan rings is 1. The van der Waals surface area contributed by atoms with Crippen molar-refractivity contribution in [3.63, 3.8) is 0 Å². The van der Waals surface area contributed by atoms with Gasteiger partial charge in [-0.3, -0.25) is 0 Å². The van der Waals surface area contributed by atoms with Crippen LogP contribution in [0.15, 0.2) is 21.9 Å². The van der Waals surface area contributed by atoms with E-state index in [4.69, 9.17) is 21.2 Å². The molecule has 0 amide bonds. The SMILES string of the molecule is ON=Cc1cc(Cl)co1. The number of nitrogens with zero attached hydrogens (tertiary/aromatic N) is 1. The summed E-state index contributed by atoms with van der Waals surface area (Å²) >= 11 is 5.46. The molecule has 0 bridgehead atoms. The fourth-order valence-electron chi connectivity index (χ4n) is 0.453. The van der Waals surface area contributed by atoms with Crippen molar-refractivity contribution in [1.29, 1.82) is 0 Å². The summed E-state index contributed by atoms with van der Waals surface area (Å²) in [4.78, 5) is 0. The first kappa shape index (κ1) is 6.16. The summed E-state index contributed by atoms with van der Waals surface area (Å²) in [5, 5.41) is 11.2. The van der Waals surface area contributed by atoms with Crippen molar-refractivity contribution in [2.75, 3.05) is 0 Å². The zero-order valence-electron chi connectivity index (χ0n) is 4.41. The van der Waals surface area contributed by atoms with Gasteiger partial charge in [-0.2, -0.15) is 0 Å². The Morgan fingerprint density at radius 2 is 2.56 bits per heavy atom. The lowest BCUT2D eigenvalue weighted by Gasteiger charge is -1.74. The largest absolute Gasteiger partial charge is 0.462 e. The summed E-state index contributed by atoms with van der Waals surface area (Å²) in [5.41, 5.74) is 0. The van der Waals surface area contributed by atoms with E-state index in [2.05, 4.69) is 5.16 Å². The van der Waals surface area contributed by atoms with Crippen molar-refractivity contribution in [1.82, 2.24) is 0 Å². The van der Waals surface area contributed by atoms with Gasteiger partial charge in [0.25, 0.3) is 0 Å². The molecular weight excluding hydrogens is 142 g/mol. The molecule has 1 N–H and O–H groups in total. The summed E-state index contributed by atoms with van der Waals surface area (Å²) in [5.74, 6) is 0.433. The van der Waals surface area contributed by atoms with E-state index in [-0.39, 0.29) is 0 Å². The molecule has 48 valence electrons. The molecule has 1 heterocycles. The second-order valence-corrected chi connectivity index (χ2v) is 1.85. The normalized spacial score (nSPS) is 10.8. The predicted molar refractivity (Wildman–Crippen MR) is 33.1 cm³/mol. The number of hydrogen-bond acceptors (Lipinski definition) is 3. The fourth-order valence-corrected chi connectivity index (χ4v) is 0.605. The molecule has 0 saturated heterocycles. The van der Waals surface area contributed by atoms with Crippen molar-refractivity contribution in [2.45, 2.75) is 0 Å². The van der Waals surface area contributed by atoms with Crippen LogP contribution in [0.2, 0.25) is 5.02 Å². The summed E-state index contributed by atoms with van der Waals surface area (Å²) in [6, 6.07) is 1.54. The summed E-state index contributed by atoms with van der Waals surface area (Å²) in [7, 11) is 0. The quantitative estimate of drug-likeness (QED) is 0.372. The third-order valence-corrected chi connectivity index (χ3v) is 0.971. The van der Waals surface area contributed by atoms with Crippen LogP contribution in [-0.4, -0.2) is 11.4 Å². The third kappa shape index (κ3) is 1.47. The first-order valence-corrected chi connectivity index (χ1v) is 2.62. The minimum absolute atomic E-state index is 0.433. The molecule has 3 nitrogen and oxygen atoms in total. The summed E-state index contributed by atoms with van der Waals surface area (Å²) < 4.78 is 4.76. The maximum absolute atomic E-state index is 8.00. The van der Waals surface area contributed by atoms with E-state index in [1.807, 2.05) is 0 Å². The lowest BCUT2D eigenvalue weighted by Crippen LogP contribution is -1.70. The smallest absolute Gasteiger partial charge is 0.149 e. The Kier molecular flexibility index (Phi) is 1.75. The van der Waals surface area contributed by atoms with E-state index in [1.54, 1.807) is 6.07 Å². The highest BCUT2D eigenvalue weighted by molar-refractivity contribution is 6.30. The van der Waals surface area contributed by atoms with Crippen LogP contribution in [-0.2, 0) is 0 Å². The van der Waals surface area contributed by atoms with Gasteiger partial charge in [-0.25, -0.2) is 0 Å². The summed E-state index contributed by atoms with van der Waals surface area (Å²) in [6.45, 7) is 0. The number of halogens is 1. The van der Waals surface area contributed by atoms with Gasteiger partial charge in [0.1, 0.15) is 18.2 Å². The van der Waals surface area contributed by atoms with Crippen LogP contribution in [0.4, 0.5) is 0 Å². The maximum atomic E-state index is 8.00. The molecule has 9 heavy (non-hydrogen) atoms. The average molecular weight is 146 g/mol. The van der Waals surface area contributed by atoms with E-state index in [0.29, 0.717) is 10.8 Å². The van der Waals surface area contributed by atoms with Gasteiger partial charge in [-0.05, 0) is 0 Å². The van der Waals surface area contributed by atoms with Crippen LogP contribution in [0.5, 0.6) is 0 Å². The van der Waals surface area contributed by atoms with Crippen LogP contribution < -0.4 is 0 Å². The Morgan fingerprint density at radius 3 is 3.00 bits per heavy atom.